The first kappa shape index (κ1) is 20.0. The lowest BCUT2D eigenvalue weighted by Crippen LogP contribution is -2.50. The molecule has 2 N–H and O–H groups in total. The van der Waals surface area contributed by atoms with Crippen molar-refractivity contribution < 1.29 is 14.0 Å². The number of carbonyl (C=O) groups is 2. The molecular weight excluding hydrogens is 357 g/mol. The van der Waals surface area contributed by atoms with E-state index < -0.39 is 0 Å². The Hall–Kier alpha value is -2.73. The summed E-state index contributed by atoms with van der Waals surface area (Å²) >= 11 is 0. The molecular formula is C22H26FN3O2. The van der Waals surface area contributed by atoms with Crippen LogP contribution in [0.5, 0.6) is 0 Å². The topological polar surface area (TPSA) is 61.4 Å². The smallest absolute Gasteiger partial charge is 0.237 e. The Morgan fingerprint density at radius 2 is 1.86 bits per heavy atom. The molecule has 1 saturated heterocycles. The number of hydrogen-bond donors (Lipinski definition) is 2. The number of carbonyl (C=O) groups excluding carboxylic acids is 2. The number of hydrogen-bond acceptors (Lipinski definition) is 3. The summed E-state index contributed by atoms with van der Waals surface area (Å²) in [5, 5.41) is 5.85. The van der Waals surface area contributed by atoms with E-state index in [9.17, 15) is 14.0 Å². The van der Waals surface area contributed by atoms with Crippen molar-refractivity contribution in [2.24, 2.45) is 5.92 Å². The number of para-hydroxylation sites is 1. The van der Waals surface area contributed by atoms with Gasteiger partial charge in [0.25, 0.3) is 0 Å². The predicted molar refractivity (Wildman–Crippen MR) is 107 cm³/mol. The second-order valence-corrected chi connectivity index (χ2v) is 7.21. The van der Waals surface area contributed by atoms with Gasteiger partial charge in [-0.1, -0.05) is 30.3 Å². The lowest BCUT2D eigenvalue weighted by molar-refractivity contribution is -0.129. The Bertz CT molecular complexity index is 795. The van der Waals surface area contributed by atoms with Crippen molar-refractivity contribution in [2.75, 3.05) is 18.4 Å². The van der Waals surface area contributed by atoms with E-state index >= 15 is 0 Å². The monoisotopic (exact) mass is 383 g/mol. The average Bonchev–Trinajstić information content (AvgIpc) is 2.73. The Morgan fingerprint density at radius 1 is 1.14 bits per heavy atom. The lowest BCUT2D eigenvalue weighted by atomic mass is 9.95. The molecule has 1 aliphatic heterocycles. The molecule has 0 aromatic heterocycles. The molecule has 0 aliphatic carbocycles. The molecule has 0 saturated carbocycles. The third-order valence-electron chi connectivity index (χ3n) is 5.17. The highest BCUT2D eigenvalue weighted by Gasteiger charge is 2.30. The summed E-state index contributed by atoms with van der Waals surface area (Å²) in [5.41, 5.74) is 1.63. The zero-order chi connectivity index (χ0) is 19.9. The van der Waals surface area contributed by atoms with Crippen molar-refractivity contribution in [2.45, 2.75) is 32.4 Å². The van der Waals surface area contributed by atoms with Crippen LogP contribution >= 0.6 is 0 Å². The number of rotatable bonds is 6. The largest absolute Gasteiger partial charge is 0.351 e. The molecule has 0 spiro atoms. The van der Waals surface area contributed by atoms with Crippen LogP contribution in [0, 0.1) is 11.7 Å². The molecule has 1 heterocycles. The number of benzene rings is 2. The molecule has 2 aromatic carbocycles. The predicted octanol–water partition coefficient (Wildman–Crippen LogP) is 3.18. The minimum atomic E-state index is -0.326. The van der Waals surface area contributed by atoms with E-state index in [2.05, 4.69) is 15.5 Å². The van der Waals surface area contributed by atoms with Crippen LogP contribution in [0.2, 0.25) is 0 Å². The van der Waals surface area contributed by atoms with E-state index in [1.807, 2.05) is 37.3 Å². The summed E-state index contributed by atoms with van der Waals surface area (Å²) in [6, 6.07) is 15.2. The standard InChI is InChI=1S/C22H26FN3O2/c1-16(21(27)24-14-17-9-11-19(23)12-10-17)26-13-5-6-18(15-26)22(28)25-20-7-3-2-4-8-20/h2-4,7-12,16,18H,5-6,13-15H2,1H3,(H,24,27)(H,25,28)/t16-,18-/m1/s1. The van der Waals surface area contributed by atoms with Gasteiger partial charge in [0.1, 0.15) is 5.82 Å². The zero-order valence-corrected chi connectivity index (χ0v) is 16.0. The van der Waals surface area contributed by atoms with Gasteiger partial charge >= 0.3 is 0 Å². The third-order valence-corrected chi connectivity index (χ3v) is 5.17. The minimum Gasteiger partial charge on any atom is -0.351 e. The van der Waals surface area contributed by atoms with Gasteiger partial charge in [0.05, 0.1) is 12.0 Å². The quantitative estimate of drug-likeness (QED) is 0.805. The van der Waals surface area contributed by atoms with Gasteiger partial charge in [-0.3, -0.25) is 14.5 Å². The van der Waals surface area contributed by atoms with E-state index in [4.69, 9.17) is 0 Å². The van der Waals surface area contributed by atoms with Gasteiger partial charge in [0, 0.05) is 18.8 Å². The highest BCUT2D eigenvalue weighted by atomic mass is 19.1. The molecule has 5 nitrogen and oxygen atoms in total. The Balaban J connectivity index is 1.51. The SMILES string of the molecule is C[C@H](C(=O)NCc1ccc(F)cc1)N1CCC[C@@H](C(=O)Nc2ccccc2)C1. The third kappa shape index (κ3) is 5.39. The Labute approximate surface area is 164 Å². The first-order valence-corrected chi connectivity index (χ1v) is 9.65. The normalized spacial score (nSPS) is 18.3. The number of piperidine rings is 1. The van der Waals surface area contributed by atoms with Crippen LogP contribution < -0.4 is 10.6 Å². The van der Waals surface area contributed by atoms with Crippen LogP contribution in [0.15, 0.2) is 54.6 Å². The lowest BCUT2D eigenvalue weighted by Gasteiger charge is -2.35. The van der Waals surface area contributed by atoms with Gasteiger partial charge in [-0.05, 0) is 56.1 Å². The van der Waals surface area contributed by atoms with Crippen molar-refractivity contribution in [1.29, 1.82) is 0 Å². The summed E-state index contributed by atoms with van der Waals surface area (Å²) in [5.74, 6) is -0.527. The van der Waals surface area contributed by atoms with Gasteiger partial charge in [0.15, 0.2) is 0 Å². The fraction of sp³-hybridized carbons (Fsp3) is 0.364. The minimum absolute atomic E-state index is 0.00480. The van der Waals surface area contributed by atoms with E-state index in [1.54, 1.807) is 12.1 Å². The maximum absolute atomic E-state index is 13.0. The van der Waals surface area contributed by atoms with E-state index in [0.717, 1.165) is 30.6 Å². The van der Waals surface area contributed by atoms with Crippen LogP contribution in [-0.2, 0) is 16.1 Å². The number of amides is 2. The van der Waals surface area contributed by atoms with Crippen LogP contribution in [0.4, 0.5) is 10.1 Å². The van der Waals surface area contributed by atoms with Crippen LogP contribution in [0.1, 0.15) is 25.3 Å². The maximum atomic E-state index is 13.0. The number of nitrogens with zero attached hydrogens (tertiary/aromatic N) is 1. The molecule has 0 radical (unpaired) electrons. The molecule has 2 amide bonds. The van der Waals surface area contributed by atoms with Crippen LogP contribution in [0.3, 0.4) is 0 Å². The van der Waals surface area contributed by atoms with Gasteiger partial charge < -0.3 is 10.6 Å². The summed E-state index contributed by atoms with van der Waals surface area (Å²) < 4.78 is 13.0. The summed E-state index contributed by atoms with van der Waals surface area (Å²) in [6.07, 6.45) is 1.70. The second kappa shape index (κ2) is 9.46. The molecule has 1 aliphatic rings. The number of nitrogens with one attached hydrogen (secondary N) is 2. The number of likely N-dealkylation sites (tertiary alicyclic amines) is 1. The van der Waals surface area contributed by atoms with Crippen molar-refractivity contribution in [3.63, 3.8) is 0 Å². The van der Waals surface area contributed by atoms with Crippen LogP contribution in [0.25, 0.3) is 0 Å². The first-order chi connectivity index (χ1) is 13.5. The molecule has 3 rings (SSSR count). The van der Waals surface area contributed by atoms with Crippen molar-refractivity contribution in [1.82, 2.24) is 10.2 Å². The fourth-order valence-electron chi connectivity index (χ4n) is 3.44. The molecule has 28 heavy (non-hydrogen) atoms. The highest BCUT2D eigenvalue weighted by Crippen LogP contribution is 2.20. The van der Waals surface area contributed by atoms with Crippen LogP contribution in [-0.4, -0.2) is 35.8 Å². The fourth-order valence-corrected chi connectivity index (χ4v) is 3.44. The molecule has 6 heteroatoms. The van der Waals surface area contributed by atoms with Crippen molar-refractivity contribution in [3.05, 3.63) is 66.0 Å². The van der Waals surface area contributed by atoms with E-state index in [1.165, 1.54) is 12.1 Å². The van der Waals surface area contributed by atoms with Gasteiger partial charge in [0.2, 0.25) is 11.8 Å². The maximum Gasteiger partial charge on any atom is 0.237 e. The number of halogens is 1. The molecule has 2 aromatic rings. The van der Waals surface area contributed by atoms with Gasteiger partial charge in [-0.2, -0.15) is 0 Å². The van der Waals surface area contributed by atoms with E-state index in [-0.39, 0.29) is 29.6 Å². The summed E-state index contributed by atoms with van der Waals surface area (Å²) in [4.78, 5) is 27.2. The van der Waals surface area contributed by atoms with Gasteiger partial charge in [-0.15, -0.1) is 0 Å². The van der Waals surface area contributed by atoms with Crippen molar-refractivity contribution in [3.8, 4) is 0 Å². The van der Waals surface area contributed by atoms with Crippen molar-refractivity contribution >= 4 is 17.5 Å². The summed E-state index contributed by atoms with van der Waals surface area (Å²) in [6.45, 7) is 3.57. The Morgan fingerprint density at radius 3 is 2.57 bits per heavy atom. The molecule has 0 unspecified atom stereocenters. The van der Waals surface area contributed by atoms with Gasteiger partial charge in [-0.25, -0.2) is 4.39 Å². The Kier molecular flexibility index (Phi) is 6.76. The second-order valence-electron chi connectivity index (χ2n) is 7.21. The zero-order valence-electron chi connectivity index (χ0n) is 16.0. The molecule has 148 valence electrons. The highest BCUT2D eigenvalue weighted by molar-refractivity contribution is 5.92. The average molecular weight is 383 g/mol. The molecule has 0 bridgehead atoms. The first-order valence-electron chi connectivity index (χ1n) is 9.65. The number of anilines is 1. The van der Waals surface area contributed by atoms with E-state index in [0.29, 0.717) is 13.1 Å². The molecule has 2 atom stereocenters. The molecule has 1 fully saturated rings. The summed E-state index contributed by atoms with van der Waals surface area (Å²) in [7, 11) is 0.